The molecule has 0 fully saturated rings. The Kier molecular flexibility index (Phi) is 6.06. The number of hydrogen-bond donors (Lipinski definition) is 0. The number of carbonyl (C=O) groups excluding carboxylic acids is 1. The van der Waals surface area contributed by atoms with Crippen LogP contribution in [-0.2, 0) is 29.0 Å². The van der Waals surface area contributed by atoms with Crippen LogP contribution < -0.4 is 0 Å². The second-order valence-electron chi connectivity index (χ2n) is 7.66. The van der Waals surface area contributed by atoms with Crippen LogP contribution in [0.15, 0.2) is 78.9 Å². The molecule has 3 heteroatoms. The molecule has 0 radical (unpaired) electrons. The van der Waals surface area contributed by atoms with Crippen molar-refractivity contribution < 1.29 is 9.53 Å². The third-order valence-corrected chi connectivity index (χ3v) is 5.49. The largest absolute Gasteiger partial charge is 0.465 e. The van der Waals surface area contributed by atoms with Crippen LogP contribution in [-0.4, -0.2) is 24.0 Å². The van der Waals surface area contributed by atoms with Crippen molar-refractivity contribution in [3.63, 3.8) is 0 Å². The van der Waals surface area contributed by atoms with Crippen LogP contribution in [0.3, 0.4) is 0 Å². The molecule has 1 aliphatic heterocycles. The molecule has 3 aromatic carbocycles. The highest BCUT2D eigenvalue weighted by Crippen LogP contribution is 2.31. The first-order valence-corrected chi connectivity index (χ1v) is 10.3. The minimum Gasteiger partial charge on any atom is -0.465 e. The Hall–Kier alpha value is -2.91. The van der Waals surface area contributed by atoms with E-state index in [1.807, 2.05) is 19.1 Å². The molecule has 0 bridgehead atoms. The lowest BCUT2D eigenvalue weighted by Gasteiger charge is -2.34. The molecule has 1 heterocycles. The zero-order valence-corrected chi connectivity index (χ0v) is 16.9. The Morgan fingerprint density at radius 3 is 2.31 bits per heavy atom. The number of carbonyl (C=O) groups is 1. The second kappa shape index (κ2) is 9.06. The van der Waals surface area contributed by atoms with Crippen LogP contribution in [0.25, 0.3) is 0 Å². The predicted octanol–water partition coefficient (Wildman–Crippen LogP) is 4.94. The summed E-state index contributed by atoms with van der Waals surface area (Å²) >= 11 is 0. The number of benzene rings is 3. The molecule has 0 aromatic heterocycles. The summed E-state index contributed by atoms with van der Waals surface area (Å²) < 4.78 is 5.40. The topological polar surface area (TPSA) is 29.5 Å². The first-order chi connectivity index (χ1) is 14.2. The van der Waals surface area contributed by atoms with Gasteiger partial charge in [-0.3, -0.25) is 9.69 Å². The van der Waals surface area contributed by atoms with Crippen molar-refractivity contribution >= 4 is 5.97 Å². The van der Waals surface area contributed by atoms with Crippen LogP contribution in [0.4, 0.5) is 0 Å². The maximum atomic E-state index is 12.7. The molecule has 1 unspecified atom stereocenters. The molecule has 0 saturated heterocycles. The van der Waals surface area contributed by atoms with Crippen molar-refractivity contribution in [1.82, 2.24) is 4.90 Å². The van der Waals surface area contributed by atoms with E-state index in [9.17, 15) is 4.79 Å². The number of rotatable bonds is 6. The van der Waals surface area contributed by atoms with Crippen LogP contribution in [0.5, 0.6) is 0 Å². The average molecular weight is 386 g/mol. The van der Waals surface area contributed by atoms with Gasteiger partial charge in [-0.1, -0.05) is 78.9 Å². The van der Waals surface area contributed by atoms with Gasteiger partial charge in [0.15, 0.2) is 0 Å². The fourth-order valence-corrected chi connectivity index (χ4v) is 4.15. The molecular formula is C26H27NO2. The standard InChI is InChI=1S/C26H27NO2/c1-2-29-26(28)25-19-27(17-21-11-7-4-8-12-21)18-23-16-22(13-14-24(23)25)15-20-9-5-3-6-10-20/h3-14,16,25H,2,15,17-19H2,1H3. The molecule has 29 heavy (non-hydrogen) atoms. The molecular weight excluding hydrogens is 358 g/mol. The van der Waals surface area contributed by atoms with E-state index < -0.39 is 0 Å². The second-order valence-corrected chi connectivity index (χ2v) is 7.66. The quantitative estimate of drug-likeness (QED) is 0.563. The molecule has 0 aliphatic carbocycles. The van der Waals surface area contributed by atoms with E-state index in [0.717, 1.165) is 25.1 Å². The van der Waals surface area contributed by atoms with Gasteiger partial charge in [0.1, 0.15) is 0 Å². The number of esters is 1. The minimum atomic E-state index is -0.229. The molecule has 3 nitrogen and oxygen atoms in total. The van der Waals surface area contributed by atoms with Crippen molar-refractivity contribution in [1.29, 1.82) is 0 Å². The highest BCUT2D eigenvalue weighted by molar-refractivity contribution is 5.79. The molecule has 148 valence electrons. The lowest BCUT2D eigenvalue weighted by molar-refractivity contribution is -0.145. The van der Waals surface area contributed by atoms with Gasteiger partial charge in [0.25, 0.3) is 0 Å². The van der Waals surface area contributed by atoms with Gasteiger partial charge in [-0.25, -0.2) is 0 Å². The predicted molar refractivity (Wildman–Crippen MR) is 116 cm³/mol. The first kappa shape index (κ1) is 19.4. The van der Waals surface area contributed by atoms with Crippen LogP contribution in [0.1, 0.15) is 40.7 Å². The number of fused-ring (bicyclic) bond motifs is 1. The fourth-order valence-electron chi connectivity index (χ4n) is 4.15. The molecule has 1 atom stereocenters. The molecule has 4 rings (SSSR count). The zero-order valence-electron chi connectivity index (χ0n) is 16.9. The number of nitrogens with zero attached hydrogens (tertiary/aromatic N) is 1. The third kappa shape index (κ3) is 4.75. The molecule has 0 spiro atoms. The Labute approximate surface area is 172 Å². The Balaban J connectivity index is 1.61. The summed E-state index contributed by atoms with van der Waals surface area (Å²) in [6.45, 7) is 4.66. The van der Waals surface area contributed by atoms with Gasteiger partial charge in [-0.15, -0.1) is 0 Å². The molecule has 0 N–H and O–H groups in total. The highest BCUT2D eigenvalue weighted by atomic mass is 16.5. The van der Waals surface area contributed by atoms with Crippen molar-refractivity contribution in [3.8, 4) is 0 Å². The van der Waals surface area contributed by atoms with Gasteiger partial charge in [-0.2, -0.15) is 0 Å². The highest BCUT2D eigenvalue weighted by Gasteiger charge is 2.31. The van der Waals surface area contributed by atoms with Crippen LogP contribution in [0, 0.1) is 0 Å². The maximum Gasteiger partial charge on any atom is 0.314 e. The lowest BCUT2D eigenvalue weighted by atomic mass is 9.87. The SMILES string of the molecule is CCOC(=O)C1CN(Cc2ccccc2)Cc2cc(Cc3ccccc3)ccc21. The van der Waals surface area contributed by atoms with E-state index in [0.29, 0.717) is 13.2 Å². The first-order valence-electron chi connectivity index (χ1n) is 10.3. The fraction of sp³-hybridized carbons (Fsp3) is 0.269. The summed E-state index contributed by atoms with van der Waals surface area (Å²) in [5.41, 5.74) is 6.19. The van der Waals surface area contributed by atoms with Gasteiger partial charge >= 0.3 is 5.97 Å². The third-order valence-electron chi connectivity index (χ3n) is 5.49. The number of ether oxygens (including phenoxy) is 1. The summed E-state index contributed by atoms with van der Waals surface area (Å²) in [6, 6.07) is 27.5. The maximum absolute atomic E-state index is 12.7. The van der Waals surface area contributed by atoms with E-state index in [1.165, 1.54) is 22.3 Å². The molecule has 0 amide bonds. The Morgan fingerprint density at radius 2 is 1.62 bits per heavy atom. The summed E-state index contributed by atoms with van der Waals surface area (Å²) in [5, 5.41) is 0. The summed E-state index contributed by atoms with van der Waals surface area (Å²) in [6.07, 6.45) is 0.900. The van der Waals surface area contributed by atoms with E-state index in [-0.39, 0.29) is 11.9 Å². The normalized spacial score (nSPS) is 16.2. The van der Waals surface area contributed by atoms with E-state index >= 15 is 0 Å². The average Bonchev–Trinajstić information content (AvgIpc) is 2.74. The van der Waals surface area contributed by atoms with Crippen molar-refractivity contribution in [2.75, 3.05) is 13.2 Å². The van der Waals surface area contributed by atoms with Gasteiger partial charge in [0.05, 0.1) is 12.5 Å². The minimum absolute atomic E-state index is 0.123. The van der Waals surface area contributed by atoms with Crippen LogP contribution >= 0.6 is 0 Å². The lowest BCUT2D eigenvalue weighted by Crippen LogP contribution is -2.37. The van der Waals surface area contributed by atoms with E-state index in [2.05, 4.69) is 71.6 Å². The van der Waals surface area contributed by atoms with Crippen molar-refractivity contribution in [3.05, 3.63) is 107 Å². The van der Waals surface area contributed by atoms with Crippen molar-refractivity contribution in [2.45, 2.75) is 32.4 Å². The van der Waals surface area contributed by atoms with Gasteiger partial charge in [-0.05, 0) is 41.2 Å². The monoisotopic (exact) mass is 385 g/mol. The molecule has 0 saturated carbocycles. The van der Waals surface area contributed by atoms with Crippen LogP contribution in [0.2, 0.25) is 0 Å². The summed E-state index contributed by atoms with van der Waals surface area (Å²) in [5.74, 6) is -0.351. The van der Waals surface area contributed by atoms with E-state index in [4.69, 9.17) is 4.74 Å². The summed E-state index contributed by atoms with van der Waals surface area (Å²) in [7, 11) is 0. The Morgan fingerprint density at radius 1 is 0.931 bits per heavy atom. The number of hydrogen-bond acceptors (Lipinski definition) is 3. The summed E-state index contributed by atoms with van der Waals surface area (Å²) in [4.78, 5) is 15.0. The zero-order chi connectivity index (χ0) is 20.1. The molecule has 1 aliphatic rings. The van der Waals surface area contributed by atoms with Gasteiger partial charge in [0.2, 0.25) is 0 Å². The Bertz CT molecular complexity index is 953. The van der Waals surface area contributed by atoms with Gasteiger partial charge in [0, 0.05) is 19.6 Å². The van der Waals surface area contributed by atoms with Gasteiger partial charge < -0.3 is 4.74 Å². The van der Waals surface area contributed by atoms with Crippen molar-refractivity contribution in [2.24, 2.45) is 0 Å². The molecule has 3 aromatic rings. The smallest absolute Gasteiger partial charge is 0.314 e. The van der Waals surface area contributed by atoms with E-state index in [1.54, 1.807) is 0 Å².